The number of amides is 1. The molecule has 0 bridgehead atoms. The van der Waals surface area contributed by atoms with Gasteiger partial charge in [0.2, 0.25) is 5.91 Å². The molecule has 1 saturated heterocycles. The molecule has 0 atom stereocenters. The van der Waals surface area contributed by atoms with E-state index in [1.54, 1.807) is 19.3 Å². The van der Waals surface area contributed by atoms with Gasteiger partial charge in [0.05, 0.1) is 18.1 Å². The normalized spacial score (nSPS) is 16.7. The topological polar surface area (TPSA) is 84.1 Å². The first-order valence-corrected chi connectivity index (χ1v) is 6.22. The molecule has 0 spiro atoms. The Bertz CT molecular complexity index is 397. The maximum atomic E-state index is 11.0. The number of aromatic nitrogens is 2. The summed E-state index contributed by atoms with van der Waals surface area (Å²) >= 11 is 0. The number of hydrogen-bond acceptors (Lipinski definition) is 5. The molecule has 1 aromatic heterocycles. The Morgan fingerprint density at radius 3 is 2.67 bits per heavy atom. The third kappa shape index (κ3) is 3.16. The molecule has 1 aliphatic heterocycles. The minimum Gasteiger partial charge on any atom is -0.355 e. The van der Waals surface area contributed by atoms with Crippen LogP contribution in [0.3, 0.4) is 0 Å². The number of nitrogens with zero attached hydrogens (tertiary/aromatic N) is 3. The van der Waals surface area contributed by atoms with Crippen molar-refractivity contribution in [1.29, 1.82) is 0 Å². The number of rotatable bonds is 3. The Hall–Kier alpha value is -1.69. The summed E-state index contributed by atoms with van der Waals surface area (Å²) in [4.78, 5) is 21.8. The molecule has 0 unspecified atom stereocenters. The van der Waals surface area contributed by atoms with Gasteiger partial charge < -0.3 is 16.0 Å². The van der Waals surface area contributed by atoms with Gasteiger partial charge in [-0.1, -0.05) is 0 Å². The number of anilines is 1. The summed E-state index contributed by atoms with van der Waals surface area (Å²) in [7, 11) is 0. The van der Waals surface area contributed by atoms with Crippen molar-refractivity contribution in [2.75, 3.05) is 18.0 Å². The second-order valence-corrected chi connectivity index (χ2v) is 4.53. The van der Waals surface area contributed by atoms with Crippen molar-refractivity contribution < 1.29 is 4.79 Å². The maximum Gasteiger partial charge on any atom is 0.217 e. The SMILES string of the molecule is CC(=O)NC1CCN(c2cnc(CN)cn2)CC1. The van der Waals surface area contributed by atoms with Crippen LogP contribution in [-0.4, -0.2) is 35.0 Å². The van der Waals surface area contributed by atoms with Gasteiger partial charge in [0.25, 0.3) is 0 Å². The lowest BCUT2D eigenvalue weighted by Gasteiger charge is -2.32. The fourth-order valence-electron chi connectivity index (χ4n) is 2.16. The van der Waals surface area contributed by atoms with Crippen LogP contribution in [0.1, 0.15) is 25.5 Å². The van der Waals surface area contributed by atoms with Crippen LogP contribution in [0.4, 0.5) is 5.82 Å². The number of nitrogens with two attached hydrogens (primary N) is 1. The van der Waals surface area contributed by atoms with Crippen LogP contribution in [0.2, 0.25) is 0 Å². The summed E-state index contributed by atoms with van der Waals surface area (Å²) in [6.45, 7) is 3.75. The number of nitrogens with one attached hydrogen (secondary N) is 1. The minimum atomic E-state index is 0.0422. The van der Waals surface area contributed by atoms with E-state index in [1.807, 2.05) is 0 Å². The van der Waals surface area contributed by atoms with Crippen LogP contribution in [0.25, 0.3) is 0 Å². The lowest BCUT2D eigenvalue weighted by atomic mass is 10.1. The molecule has 1 amide bonds. The highest BCUT2D eigenvalue weighted by Gasteiger charge is 2.20. The van der Waals surface area contributed by atoms with Crippen LogP contribution in [-0.2, 0) is 11.3 Å². The van der Waals surface area contributed by atoms with Gasteiger partial charge in [-0.15, -0.1) is 0 Å². The predicted octanol–water partition coefficient (Wildman–Crippen LogP) is 0.0402. The average Bonchev–Trinajstić information content (AvgIpc) is 2.39. The molecule has 1 aromatic rings. The predicted molar refractivity (Wildman–Crippen MR) is 69.0 cm³/mol. The highest BCUT2D eigenvalue weighted by atomic mass is 16.1. The fourth-order valence-corrected chi connectivity index (χ4v) is 2.16. The van der Waals surface area contributed by atoms with Crippen molar-refractivity contribution in [1.82, 2.24) is 15.3 Å². The number of piperidine rings is 1. The molecule has 6 nitrogen and oxygen atoms in total. The maximum absolute atomic E-state index is 11.0. The van der Waals surface area contributed by atoms with Crippen molar-refractivity contribution >= 4 is 11.7 Å². The van der Waals surface area contributed by atoms with Gasteiger partial charge >= 0.3 is 0 Å². The van der Waals surface area contributed by atoms with Gasteiger partial charge in [-0.25, -0.2) is 4.98 Å². The zero-order valence-corrected chi connectivity index (χ0v) is 10.6. The Morgan fingerprint density at radius 1 is 1.44 bits per heavy atom. The highest BCUT2D eigenvalue weighted by molar-refractivity contribution is 5.73. The van der Waals surface area contributed by atoms with E-state index in [2.05, 4.69) is 20.2 Å². The van der Waals surface area contributed by atoms with Crippen LogP contribution < -0.4 is 16.0 Å². The molecule has 1 aliphatic rings. The van der Waals surface area contributed by atoms with Gasteiger partial charge in [0, 0.05) is 32.6 Å². The van der Waals surface area contributed by atoms with E-state index >= 15 is 0 Å². The molecule has 0 radical (unpaired) electrons. The third-order valence-electron chi connectivity index (χ3n) is 3.13. The summed E-state index contributed by atoms with van der Waals surface area (Å²) in [5.74, 6) is 0.925. The monoisotopic (exact) mass is 249 g/mol. The van der Waals surface area contributed by atoms with E-state index in [1.165, 1.54) is 0 Å². The van der Waals surface area contributed by atoms with E-state index in [-0.39, 0.29) is 11.9 Å². The van der Waals surface area contributed by atoms with E-state index in [9.17, 15) is 4.79 Å². The smallest absolute Gasteiger partial charge is 0.217 e. The van der Waals surface area contributed by atoms with Gasteiger partial charge in [-0.05, 0) is 12.8 Å². The van der Waals surface area contributed by atoms with Gasteiger partial charge in [-0.3, -0.25) is 9.78 Å². The molecule has 0 aromatic carbocycles. The molecule has 98 valence electrons. The molecule has 0 saturated carbocycles. The second-order valence-electron chi connectivity index (χ2n) is 4.53. The second kappa shape index (κ2) is 5.77. The van der Waals surface area contributed by atoms with E-state index in [0.29, 0.717) is 6.54 Å². The first-order chi connectivity index (χ1) is 8.69. The molecule has 2 rings (SSSR count). The highest BCUT2D eigenvalue weighted by Crippen LogP contribution is 2.16. The van der Waals surface area contributed by atoms with E-state index in [4.69, 9.17) is 5.73 Å². The Labute approximate surface area is 107 Å². The van der Waals surface area contributed by atoms with Crippen LogP contribution in [0.15, 0.2) is 12.4 Å². The zero-order chi connectivity index (χ0) is 13.0. The molecule has 18 heavy (non-hydrogen) atoms. The lowest BCUT2D eigenvalue weighted by Crippen LogP contribution is -2.44. The van der Waals surface area contributed by atoms with Crippen molar-refractivity contribution in [3.63, 3.8) is 0 Å². The lowest BCUT2D eigenvalue weighted by molar-refractivity contribution is -0.119. The summed E-state index contributed by atoms with van der Waals surface area (Å²) in [5, 5.41) is 2.95. The quantitative estimate of drug-likeness (QED) is 0.790. The molecule has 1 fully saturated rings. The Morgan fingerprint density at radius 2 is 2.17 bits per heavy atom. The van der Waals surface area contributed by atoms with Crippen molar-refractivity contribution in [3.05, 3.63) is 18.1 Å². The minimum absolute atomic E-state index is 0.0422. The summed E-state index contributed by atoms with van der Waals surface area (Å²) in [5.41, 5.74) is 6.28. The van der Waals surface area contributed by atoms with Crippen LogP contribution in [0, 0.1) is 0 Å². The fraction of sp³-hybridized carbons (Fsp3) is 0.583. The van der Waals surface area contributed by atoms with Crippen molar-refractivity contribution in [2.24, 2.45) is 5.73 Å². The molecule has 3 N–H and O–H groups in total. The van der Waals surface area contributed by atoms with E-state index in [0.717, 1.165) is 37.4 Å². The van der Waals surface area contributed by atoms with Crippen LogP contribution >= 0.6 is 0 Å². The Kier molecular flexibility index (Phi) is 4.09. The first kappa shape index (κ1) is 12.8. The standard InChI is InChI=1S/C12H19N5O/c1-9(18)16-10-2-4-17(5-3-10)12-8-14-11(6-13)7-15-12/h7-8,10H,2-6,13H2,1H3,(H,16,18). The molecule has 2 heterocycles. The largest absolute Gasteiger partial charge is 0.355 e. The molecule has 0 aliphatic carbocycles. The van der Waals surface area contributed by atoms with Crippen LogP contribution in [0.5, 0.6) is 0 Å². The van der Waals surface area contributed by atoms with Crippen molar-refractivity contribution in [2.45, 2.75) is 32.4 Å². The van der Waals surface area contributed by atoms with Gasteiger partial charge in [0.15, 0.2) is 0 Å². The molecule has 6 heteroatoms. The summed E-state index contributed by atoms with van der Waals surface area (Å²) < 4.78 is 0. The summed E-state index contributed by atoms with van der Waals surface area (Å²) in [6, 6.07) is 0.287. The third-order valence-corrected chi connectivity index (χ3v) is 3.13. The Balaban J connectivity index is 1.90. The molecular weight excluding hydrogens is 230 g/mol. The zero-order valence-electron chi connectivity index (χ0n) is 10.6. The number of carbonyl (C=O) groups excluding carboxylic acids is 1. The number of hydrogen-bond donors (Lipinski definition) is 2. The summed E-state index contributed by atoms with van der Waals surface area (Å²) in [6.07, 6.45) is 5.37. The average molecular weight is 249 g/mol. The van der Waals surface area contributed by atoms with Gasteiger partial charge in [-0.2, -0.15) is 0 Å². The number of carbonyl (C=O) groups is 1. The first-order valence-electron chi connectivity index (χ1n) is 6.22. The van der Waals surface area contributed by atoms with Crippen molar-refractivity contribution in [3.8, 4) is 0 Å². The van der Waals surface area contributed by atoms with Gasteiger partial charge in [0.1, 0.15) is 5.82 Å². The van der Waals surface area contributed by atoms with E-state index < -0.39 is 0 Å². The molecular formula is C12H19N5O.